The summed E-state index contributed by atoms with van der Waals surface area (Å²) < 4.78 is 37.2. The van der Waals surface area contributed by atoms with Gasteiger partial charge in [0.1, 0.15) is 18.1 Å². The molecule has 1 N–H and O–H groups in total. The third-order valence-electron chi connectivity index (χ3n) is 5.18. The molecule has 0 aliphatic carbocycles. The quantitative estimate of drug-likeness (QED) is 0.369. The molecule has 9 heteroatoms. The molecule has 7 nitrogen and oxygen atoms in total. The van der Waals surface area contributed by atoms with Crippen molar-refractivity contribution in [2.24, 2.45) is 0 Å². The minimum absolute atomic E-state index is 0.141. The highest BCUT2D eigenvalue weighted by Gasteiger charge is 2.18. The van der Waals surface area contributed by atoms with Crippen LogP contribution >= 0.6 is 11.6 Å². The predicted molar refractivity (Wildman–Crippen MR) is 139 cm³/mol. The van der Waals surface area contributed by atoms with Crippen LogP contribution in [0, 0.1) is 6.92 Å². The number of aryl methyl sites for hydroxylation is 1. The minimum Gasteiger partial charge on any atom is -0.494 e. The molecule has 0 bridgehead atoms. The van der Waals surface area contributed by atoms with E-state index in [9.17, 15) is 13.2 Å². The van der Waals surface area contributed by atoms with Gasteiger partial charge in [-0.25, -0.2) is 8.42 Å². The summed E-state index contributed by atoms with van der Waals surface area (Å²) >= 11 is 6.09. The smallest absolute Gasteiger partial charge is 0.251 e. The highest BCUT2D eigenvalue weighted by Crippen LogP contribution is 2.24. The van der Waals surface area contributed by atoms with Gasteiger partial charge in [-0.05, 0) is 73.5 Å². The van der Waals surface area contributed by atoms with Crippen LogP contribution in [0.15, 0.2) is 66.7 Å². The normalized spacial score (nSPS) is 11.1. The average Bonchev–Trinajstić information content (AvgIpc) is 2.83. The van der Waals surface area contributed by atoms with E-state index in [1.807, 2.05) is 26.0 Å². The maximum atomic E-state index is 12.4. The Morgan fingerprint density at radius 2 is 1.63 bits per heavy atom. The Morgan fingerprint density at radius 3 is 2.23 bits per heavy atom. The second-order valence-corrected chi connectivity index (χ2v) is 10.2. The number of nitrogens with zero attached hydrogens (tertiary/aromatic N) is 1. The van der Waals surface area contributed by atoms with Gasteiger partial charge in [0, 0.05) is 10.6 Å². The summed E-state index contributed by atoms with van der Waals surface area (Å²) in [4.78, 5) is 12.4. The Morgan fingerprint density at radius 1 is 0.971 bits per heavy atom. The first-order valence-corrected chi connectivity index (χ1v) is 13.4. The van der Waals surface area contributed by atoms with Crippen molar-refractivity contribution in [1.29, 1.82) is 0 Å². The summed E-state index contributed by atoms with van der Waals surface area (Å²) in [6, 6.07) is 19.2. The Labute approximate surface area is 211 Å². The van der Waals surface area contributed by atoms with E-state index in [1.54, 1.807) is 54.6 Å². The van der Waals surface area contributed by atoms with Crippen LogP contribution in [0.2, 0.25) is 5.02 Å². The van der Waals surface area contributed by atoms with Gasteiger partial charge >= 0.3 is 0 Å². The first-order valence-electron chi connectivity index (χ1n) is 11.1. The van der Waals surface area contributed by atoms with E-state index in [0.717, 1.165) is 17.4 Å². The van der Waals surface area contributed by atoms with Gasteiger partial charge in [-0.2, -0.15) is 0 Å². The standard InChI is InChI=1S/C26H29ClN2O5S/c1-4-33-23-13-10-22(11-14-23)29(35(3,31)32)18-20-6-8-21(9-7-20)26(30)28-15-16-34-24-12-5-19(2)25(27)17-24/h5-14,17H,4,15-16,18H2,1-3H3,(H,28,30). The molecule has 0 aliphatic rings. The lowest BCUT2D eigenvalue weighted by atomic mass is 10.1. The number of rotatable bonds is 11. The maximum absolute atomic E-state index is 12.4. The molecule has 3 rings (SSSR count). The maximum Gasteiger partial charge on any atom is 0.251 e. The third kappa shape index (κ3) is 7.63. The number of hydrogen-bond donors (Lipinski definition) is 1. The summed E-state index contributed by atoms with van der Waals surface area (Å²) in [5.41, 5.74) is 2.72. The number of amides is 1. The van der Waals surface area contributed by atoms with Gasteiger partial charge in [-0.3, -0.25) is 9.10 Å². The molecule has 0 heterocycles. The largest absolute Gasteiger partial charge is 0.494 e. The van der Waals surface area contributed by atoms with Gasteiger partial charge in [-0.15, -0.1) is 0 Å². The molecule has 0 unspecified atom stereocenters. The van der Waals surface area contributed by atoms with Crippen LogP contribution < -0.4 is 19.1 Å². The molecule has 3 aromatic carbocycles. The molecule has 1 amide bonds. The number of halogens is 1. The van der Waals surface area contributed by atoms with Crippen molar-refractivity contribution in [3.05, 3.63) is 88.4 Å². The Kier molecular flexibility index (Phi) is 9.01. The molecule has 0 atom stereocenters. The van der Waals surface area contributed by atoms with Gasteiger partial charge in [0.15, 0.2) is 0 Å². The van der Waals surface area contributed by atoms with Crippen LogP contribution in [0.5, 0.6) is 11.5 Å². The number of ether oxygens (including phenoxy) is 2. The molecule has 186 valence electrons. The lowest BCUT2D eigenvalue weighted by Gasteiger charge is -2.23. The highest BCUT2D eigenvalue weighted by atomic mass is 35.5. The second kappa shape index (κ2) is 12.0. The fourth-order valence-corrected chi connectivity index (χ4v) is 4.36. The summed E-state index contributed by atoms with van der Waals surface area (Å²) in [5, 5.41) is 3.43. The van der Waals surface area contributed by atoms with E-state index < -0.39 is 10.0 Å². The van der Waals surface area contributed by atoms with Crippen molar-refractivity contribution in [2.45, 2.75) is 20.4 Å². The lowest BCUT2D eigenvalue weighted by molar-refractivity contribution is 0.0947. The van der Waals surface area contributed by atoms with E-state index >= 15 is 0 Å². The molecule has 0 spiro atoms. The summed E-state index contributed by atoms with van der Waals surface area (Å²) in [6.07, 6.45) is 1.16. The number of carbonyl (C=O) groups is 1. The number of nitrogens with one attached hydrogen (secondary N) is 1. The van der Waals surface area contributed by atoms with Crippen molar-refractivity contribution >= 4 is 33.2 Å². The molecule has 3 aromatic rings. The highest BCUT2D eigenvalue weighted by molar-refractivity contribution is 7.92. The topological polar surface area (TPSA) is 84.9 Å². The SMILES string of the molecule is CCOc1ccc(N(Cc2ccc(C(=O)NCCOc3ccc(C)c(Cl)c3)cc2)S(C)(=O)=O)cc1. The second-order valence-electron chi connectivity index (χ2n) is 7.91. The Balaban J connectivity index is 1.57. The van der Waals surface area contributed by atoms with Crippen molar-refractivity contribution in [2.75, 3.05) is 30.3 Å². The molecular weight excluding hydrogens is 488 g/mol. The molecule has 0 saturated carbocycles. The van der Waals surface area contributed by atoms with Crippen LogP contribution in [0.1, 0.15) is 28.4 Å². The Hall–Kier alpha value is -3.23. The van der Waals surface area contributed by atoms with Crippen LogP contribution in [0.25, 0.3) is 0 Å². The molecule has 0 aliphatic heterocycles. The van der Waals surface area contributed by atoms with Crippen molar-refractivity contribution < 1.29 is 22.7 Å². The van der Waals surface area contributed by atoms with Crippen LogP contribution in [0.3, 0.4) is 0 Å². The van der Waals surface area contributed by atoms with Gasteiger partial charge in [0.2, 0.25) is 10.0 Å². The van der Waals surface area contributed by atoms with Crippen LogP contribution in [0.4, 0.5) is 5.69 Å². The summed E-state index contributed by atoms with van der Waals surface area (Å²) in [6.45, 7) is 5.10. The van der Waals surface area contributed by atoms with Gasteiger partial charge < -0.3 is 14.8 Å². The zero-order valence-corrected chi connectivity index (χ0v) is 21.5. The van der Waals surface area contributed by atoms with Crippen molar-refractivity contribution in [3.63, 3.8) is 0 Å². The lowest BCUT2D eigenvalue weighted by Crippen LogP contribution is -2.29. The molecule has 0 radical (unpaired) electrons. The van der Waals surface area contributed by atoms with Gasteiger partial charge in [0.05, 0.1) is 31.6 Å². The van der Waals surface area contributed by atoms with E-state index in [0.29, 0.717) is 47.5 Å². The number of anilines is 1. The number of benzene rings is 3. The zero-order chi connectivity index (χ0) is 25.4. The van der Waals surface area contributed by atoms with Crippen LogP contribution in [-0.2, 0) is 16.6 Å². The number of sulfonamides is 1. The Bertz CT molecular complexity index is 1250. The average molecular weight is 517 g/mol. The molecule has 0 fully saturated rings. The molecule has 0 aromatic heterocycles. The summed E-state index contributed by atoms with van der Waals surface area (Å²) in [5.74, 6) is 1.07. The zero-order valence-electron chi connectivity index (χ0n) is 20.0. The van der Waals surface area contributed by atoms with E-state index in [-0.39, 0.29) is 12.5 Å². The third-order valence-corrected chi connectivity index (χ3v) is 6.73. The predicted octanol–water partition coefficient (Wildman–Crippen LogP) is 4.82. The fraction of sp³-hybridized carbons (Fsp3) is 0.269. The monoisotopic (exact) mass is 516 g/mol. The first kappa shape index (κ1) is 26.4. The van der Waals surface area contributed by atoms with Crippen LogP contribution in [-0.4, -0.2) is 40.3 Å². The first-order chi connectivity index (χ1) is 16.7. The van der Waals surface area contributed by atoms with Crippen molar-refractivity contribution in [1.82, 2.24) is 5.32 Å². The van der Waals surface area contributed by atoms with Gasteiger partial charge in [0.25, 0.3) is 5.91 Å². The molecule has 0 saturated heterocycles. The number of carbonyl (C=O) groups excluding carboxylic acids is 1. The fourth-order valence-electron chi connectivity index (χ4n) is 3.30. The van der Waals surface area contributed by atoms with E-state index in [2.05, 4.69) is 5.32 Å². The summed E-state index contributed by atoms with van der Waals surface area (Å²) in [7, 11) is -3.52. The minimum atomic E-state index is -3.52. The molecular formula is C26H29ClN2O5S. The number of hydrogen-bond acceptors (Lipinski definition) is 5. The molecule has 35 heavy (non-hydrogen) atoms. The van der Waals surface area contributed by atoms with E-state index in [1.165, 1.54) is 4.31 Å². The van der Waals surface area contributed by atoms with E-state index in [4.69, 9.17) is 21.1 Å². The van der Waals surface area contributed by atoms with Crippen molar-refractivity contribution in [3.8, 4) is 11.5 Å². The van der Waals surface area contributed by atoms with Gasteiger partial charge in [-0.1, -0.05) is 29.8 Å².